The Balaban J connectivity index is 1.43. The highest BCUT2D eigenvalue weighted by molar-refractivity contribution is 5.78. The van der Waals surface area contributed by atoms with E-state index >= 15 is 0 Å². The number of benzene rings is 1. The van der Waals surface area contributed by atoms with E-state index in [1.165, 1.54) is 12.1 Å². The van der Waals surface area contributed by atoms with Crippen LogP contribution in [-0.2, 0) is 20.9 Å². The molecular weight excluding hydrogens is 323 g/mol. The van der Waals surface area contributed by atoms with Gasteiger partial charge in [0, 0.05) is 38.1 Å². The minimum atomic E-state index is -0.209. The number of carbonyl (C=O) groups is 1. The lowest BCUT2D eigenvalue weighted by Crippen LogP contribution is -2.53. The highest BCUT2D eigenvalue weighted by atomic mass is 19.1. The molecule has 0 N–H and O–H groups in total. The van der Waals surface area contributed by atoms with Gasteiger partial charge in [0.1, 0.15) is 5.82 Å². The Bertz CT molecular complexity index is 603. The second kappa shape index (κ2) is 7.40. The molecule has 3 heterocycles. The van der Waals surface area contributed by atoms with Crippen LogP contribution >= 0.6 is 0 Å². The molecule has 0 aromatic heterocycles. The molecule has 1 aromatic rings. The van der Waals surface area contributed by atoms with Crippen molar-refractivity contribution in [1.29, 1.82) is 0 Å². The first-order valence-corrected chi connectivity index (χ1v) is 9.23. The summed E-state index contributed by atoms with van der Waals surface area (Å²) in [5.74, 6) is 0.103. The number of piperidine rings is 1. The van der Waals surface area contributed by atoms with E-state index in [0.29, 0.717) is 19.8 Å². The van der Waals surface area contributed by atoms with Crippen LogP contribution in [0.3, 0.4) is 0 Å². The normalized spacial score (nSPS) is 30.3. The Labute approximate surface area is 147 Å². The maximum absolute atomic E-state index is 13.1. The van der Waals surface area contributed by atoms with Gasteiger partial charge >= 0.3 is 0 Å². The third kappa shape index (κ3) is 3.71. The van der Waals surface area contributed by atoms with Gasteiger partial charge in [-0.2, -0.15) is 0 Å². The molecule has 3 fully saturated rings. The van der Waals surface area contributed by atoms with Gasteiger partial charge < -0.3 is 4.74 Å². The molecule has 3 atom stereocenters. The number of hydroxylamine groups is 2. The van der Waals surface area contributed by atoms with Crippen LogP contribution in [0.2, 0.25) is 0 Å². The van der Waals surface area contributed by atoms with Gasteiger partial charge in [-0.15, -0.1) is 0 Å². The maximum atomic E-state index is 13.1. The number of hydrogen-bond donors (Lipinski definition) is 0. The van der Waals surface area contributed by atoms with E-state index in [0.717, 1.165) is 44.5 Å². The van der Waals surface area contributed by atoms with Crippen molar-refractivity contribution in [3.8, 4) is 0 Å². The molecule has 0 aliphatic carbocycles. The molecule has 3 aliphatic rings. The fourth-order valence-corrected chi connectivity index (χ4v) is 4.29. The van der Waals surface area contributed by atoms with Crippen LogP contribution in [0.1, 0.15) is 24.8 Å². The summed E-state index contributed by atoms with van der Waals surface area (Å²) >= 11 is 0. The fourth-order valence-electron chi connectivity index (χ4n) is 4.29. The topological polar surface area (TPSA) is 42.0 Å². The van der Waals surface area contributed by atoms with Gasteiger partial charge in [-0.05, 0) is 37.0 Å². The predicted octanol–water partition coefficient (Wildman–Crippen LogP) is 2.22. The minimum Gasteiger partial charge on any atom is -0.378 e. The van der Waals surface area contributed by atoms with Gasteiger partial charge in [0.05, 0.1) is 19.3 Å². The summed E-state index contributed by atoms with van der Waals surface area (Å²) in [5, 5.41) is 1.56. The third-order valence-electron chi connectivity index (χ3n) is 5.59. The molecule has 4 rings (SSSR count). The molecule has 0 saturated carbocycles. The summed E-state index contributed by atoms with van der Waals surface area (Å²) in [7, 11) is 0. The summed E-state index contributed by atoms with van der Waals surface area (Å²) in [4.78, 5) is 20.7. The van der Waals surface area contributed by atoms with E-state index < -0.39 is 0 Å². The lowest BCUT2D eigenvalue weighted by Gasteiger charge is -2.45. The van der Waals surface area contributed by atoms with E-state index in [1.54, 1.807) is 5.06 Å². The summed E-state index contributed by atoms with van der Waals surface area (Å²) in [6.07, 6.45) is 2.79. The van der Waals surface area contributed by atoms with E-state index in [9.17, 15) is 9.18 Å². The lowest BCUT2D eigenvalue weighted by atomic mass is 9.78. The van der Waals surface area contributed by atoms with E-state index in [1.807, 2.05) is 12.1 Å². The zero-order valence-electron chi connectivity index (χ0n) is 14.4. The molecule has 6 heteroatoms. The van der Waals surface area contributed by atoms with Crippen molar-refractivity contribution < 1.29 is 18.8 Å². The number of carbonyl (C=O) groups excluding carboxylic acids is 1. The number of rotatable bonds is 3. The minimum absolute atomic E-state index is 0.0205. The molecule has 136 valence electrons. The van der Waals surface area contributed by atoms with Gasteiger partial charge in [-0.3, -0.25) is 14.5 Å². The first kappa shape index (κ1) is 16.9. The number of ether oxygens (including phenoxy) is 1. The maximum Gasteiger partial charge on any atom is 0.249 e. The summed E-state index contributed by atoms with van der Waals surface area (Å²) in [6, 6.07) is 6.67. The molecule has 0 bridgehead atoms. The zero-order chi connectivity index (χ0) is 17.2. The smallest absolute Gasteiger partial charge is 0.249 e. The molecule has 1 aromatic carbocycles. The summed E-state index contributed by atoms with van der Waals surface area (Å²) in [6.45, 7) is 4.56. The Kier molecular flexibility index (Phi) is 5.01. The van der Waals surface area contributed by atoms with Crippen LogP contribution in [-0.4, -0.2) is 54.8 Å². The van der Waals surface area contributed by atoms with Gasteiger partial charge in [0.25, 0.3) is 0 Å². The average molecular weight is 348 g/mol. The lowest BCUT2D eigenvalue weighted by molar-refractivity contribution is -0.185. The average Bonchev–Trinajstić information content (AvgIpc) is 3.17. The van der Waals surface area contributed by atoms with Crippen LogP contribution in [0.5, 0.6) is 0 Å². The van der Waals surface area contributed by atoms with Crippen LogP contribution in [0.4, 0.5) is 4.39 Å². The molecule has 0 unspecified atom stereocenters. The fraction of sp³-hybridized carbons (Fsp3) is 0.632. The SMILES string of the molecule is O=C([C@@H]1CCO[C@@H]2CCN(Cc3ccc(F)cc3)C[C@@H]21)N1CCCO1. The second-order valence-electron chi connectivity index (χ2n) is 7.25. The largest absolute Gasteiger partial charge is 0.378 e. The van der Waals surface area contributed by atoms with Crippen molar-refractivity contribution in [3.05, 3.63) is 35.6 Å². The summed E-state index contributed by atoms with van der Waals surface area (Å²) in [5.41, 5.74) is 1.10. The standard InChI is InChI=1S/C19H25FN2O3/c20-15-4-2-14(3-5-15)12-21-9-6-18-17(13-21)16(7-11-24-18)19(23)22-8-1-10-25-22/h2-5,16-18H,1,6-13H2/t16-,17-,18-/m1/s1. The van der Waals surface area contributed by atoms with Crippen molar-refractivity contribution in [2.24, 2.45) is 11.8 Å². The molecule has 25 heavy (non-hydrogen) atoms. The molecule has 0 radical (unpaired) electrons. The third-order valence-corrected chi connectivity index (χ3v) is 5.59. The van der Waals surface area contributed by atoms with Gasteiger partial charge in [-0.25, -0.2) is 9.45 Å². The monoisotopic (exact) mass is 348 g/mol. The van der Waals surface area contributed by atoms with Crippen molar-refractivity contribution in [2.75, 3.05) is 32.8 Å². The second-order valence-corrected chi connectivity index (χ2v) is 7.25. The number of fused-ring (bicyclic) bond motifs is 1. The summed E-state index contributed by atoms with van der Waals surface area (Å²) < 4.78 is 19.0. The number of halogens is 1. The first-order chi connectivity index (χ1) is 12.2. The van der Waals surface area contributed by atoms with Gasteiger partial charge in [0.15, 0.2) is 0 Å². The highest BCUT2D eigenvalue weighted by Gasteiger charge is 2.43. The zero-order valence-corrected chi connectivity index (χ0v) is 14.4. The Morgan fingerprint density at radius 2 is 2.00 bits per heavy atom. The molecule has 0 spiro atoms. The Morgan fingerprint density at radius 1 is 1.16 bits per heavy atom. The van der Waals surface area contributed by atoms with Crippen LogP contribution in [0.15, 0.2) is 24.3 Å². The van der Waals surface area contributed by atoms with E-state index in [4.69, 9.17) is 9.57 Å². The van der Waals surface area contributed by atoms with Crippen molar-refractivity contribution in [2.45, 2.75) is 31.9 Å². The van der Waals surface area contributed by atoms with Crippen molar-refractivity contribution in [3.63, 3.8) is 0 Å². The van der Waals surface area contributed by atoms with E-state index in [-0.39, 0.29) is 29.7 Å². The highest BCUT2D eigenvalue weighted by Crippen LogP contribution is 2.35. The van der Waals surface area contributed by atoms with Crippen LogP contribution in [0, 0.1) is 17.7 Å². The molecule has 3 aliphatic heterocycles. The van der Waals surface area contributed by atoms with E-state index in [2.05, 4.69) is 4.90 Å². The molecule has 5 nitrogen and oxygen atoms in total. The number of amides is 1. The number of hydrogen-bond acceptors (Lipinski definition) is 4. The van der Waals surface area contributed by atoms with Crippen molar-refractivity contribution in [1.82, 2.24) is 9.96 Å². The number of likely N-dealkylation sites (tertiary alicyclic amines) is 1. The van der Waals surface area contributed by atoms with Gasteiger partial charge in [0.2, 0.25) is 5.91 Å². The van der Waals surface area contributed by atoms with Crippen LogP contribution < -0.4 is 0 Å². The van der Waals surface area contributed by atoms with Crippen LogP contribution in [0.25, 0.3) is 0 Å². The number of nitrogens with zero attached hydrogens (tertiary/aromatic N) is 2. The Hall–Kier alpha value is -1.50. The van der Waals surface area contributed by atoms with Crippen molar-refractivity contribution >= 4 is 5.91 Å². The molecule has 3 saturated heterocycles. The molecule has 1 amide bonds. The quantitative estimate of drug-likeness (QED) is 0.840. The Morgan fingerprint density at radius 3 is 2.76 bits per heavy atom. The predicted molar refractivity (Wildman–Crippen MR) is 89.9 cm³/mol. The molecular formula is C19H25FN2O3. The first-order valence-electron chi connectivity index (χ1n) is 9.23. The van der Waals surface area contributed by atoms with Gasteiger partial charge in [-0.1, -0.05) is 12.1 Å².